The fourth-order valence-corrected chi connectivity index (χ4v) is 3.00. The minimum Gasteiger partial charge on any atom is -0.489 e. The van der Waals surface area contributed by atoms with Gasteiger partial charge in [-0.2, -0.15) is 0 Å². The molecule has 0 unspecified atom stereocenters. The molecule has 4 nitrogen and oxygen atoms in total. The number of carbonyl (C=O) groups excluding carboxylic acids is 1. The van der Waals surface area contributed by atoms with Gasteiger partial charge in [0.2, 0.25) is 0 Å². The lowest BCUT2D eigenvalue weighted by atomic mass is 9.98. The molecule has 20 heavy (non-hydrogen) atoms. The van der Waals surface area contributed by atoms with Crippen LogP contribution in [0.25, 0.3) is 10.9 Å². The Kier molecular flexibility index (Phi) is 3.57. The van der Waals surface area contributed by atoms with Crippen LogP contribution in [0.1, 0.15) is 32.1 Å². The zero-order valence-electron chi connectivity index (χ0n) is 11.1. The normalized spacial score (nSPS) is 16.4. The van der Waals surface area contributed by atoms with E-state index in [1.807, 2.05) is 12.1 Å². The number of nitrogens with two attached hydrogens (primary N) is 1. The summed E-state index contributed by atoms with van der Waals surface area (Å²) in [6, 6.07) is 4.92. The fraction of sp³-hybridized carbons (Fsp3) is 0.400. The van der Waals surface area contributed by atoms with Crippen LogP contribution in [0, 0.1) is 0 Å². The molecular weight excluding hydrogens is 276 g/mol. The van der Waals surface area contributed by atoms with Gasteiger partial charge in [-0.3, -0.25) is 4.57 Å². The third kappa shape index (κ3) is 2.48. The number of aromatic nitrogens is 1. The minimum atomic E-state index is -0.508. The fourth-order valence-electron chi connectivity index (χ4n) is 2.78. The Morgan fingerprint density at radius 3 is 2.75 bits per heavy atom. The van der Waals surface area contributed by atoms with Crippen LogP contribution >= 0.6 is 11.6 Å². The van der Waals surface area contributed by atoms with Crippen LogP contribution in [0.4, 0.5) is 4.79 Å². The molecule has 0 aliphatic heterocycles. The van der Waals surface area contributed by atoms with Crippen molar-refractivity contribution in [3.63, 3.8) is 0 Å². The van der Waals surface area contributed by atoms with Gasteiger partial charge in [0, 0.05) is 17.6 Å². The predicted molar refractivity (Wildman–Crippen MR) is 79.4 cm³/mol. The number of fused-ring (bicyclic) bond motifs is 1. The van der Waals surface area contributed by atoms with Crippen molar-refractivity contribution in [2.24, 2.45) is 5.73 Å². The molecule has 0 atom stereocenters. The summed E-state index contributed by atoms with van der Waals surface area (Å²) in [4.78, 5) is 11.4. The number of primary amides is 1. The Labute approximate surface area is 122 Å². The summed E-state index contributed by atoms with van der Waals surface area (Å²) in [5.74, 6) is 0.632. The molecule has 1 aromatic heterocycles. The van der Waals surface area contributed by atoms with Gasteiger partial charge in [0.25, 0.3) is 0 Å². The minimum absolute atomic E-state index is 0.218. The Bertz CT molecular complexity index is 645. The average molecular weight is 293 g/mol. The standard InChI is InChI=1S/C15H17ClN2O2/c16-12-8-10-6-7-18(15(17)19)13(10)9-14(12)20-11-4-2-1-3-5-11/h6-9,11H,1-5H2,(H2,17,19). The van der Waals surface area contributed by atoms with E-state index in [0.717, 1.165) is 23.7 Å². The van der Waals surface area contributed by atoms with E-state index in [0.29, 0.717) is 10.8 Å². The van der Waals surface area contributed by atoms with Crippen LogP contribution < -0.4 is 10.5 Å². The Morgan fingerprint density at radius 1 is 1.30 bits per heavy atom. The SMILES string of the molecule is NC(=O)n1ccc2cc(Cl)c(OC3CCCCC3)cc21. The van der Waals surface area contributed by atoms with Crippen molar-refractivity contribution in [3.8, 4) is 5.75 Å². The van der Waals surface area contributed by atoms with E-state index in [9.17, 15) is 4.79 Å². The topological polar surface area (TPSA) is 57.2 Å². The van der Waals surface area contributed by atoms with Gasteiger partial charge in [0.05, 0.1) is 16.6 Å². The van der Waals surface area contributed by atoms with Crippen molar-refractivity contribution in [1.29, 1.82) is 0 Å². The van der Waals surface area contributed by atoms with Crippen LogP contribution in [0.3, 0.4) is 0 Å². The third-order valence-corrected chi connectivity index (χ3v) is 4.12. The molecule has 3 rings (SSSR count). The molecule has 106 valence electrons. The molecule has 1 amide bonds. The predicted octanol–water partition coefficient (Wildman–Crippen LogP) is 3.93. The molecule has 1 aliphatic rings. The summed E-state index contributed by atoms with van der Waals surface area (Å²) >= 11 is 6.26. The summed E-state index contributed by atoms with van der Waals surface area (Å²) in [7, 11) is 0. The lowest BCUT2D eigenvalue weighted by Crippen LogP contribution is -2.20. The smallest absolute Gasteiger partial charge is 0.323 e. The van der Waals surface area contributed by atoms with Crippen molar-refractivity contribution in [2.75, 3.05) is 0 Å². The Balaban J connectivity index is 1.95. The number of amides is 1. The highest BCUT2D eigenvalue weighted by Gasteiger charge is 2.17. The molecule has 0 saturated heterocycles. The van der Waals surface area contributed by atoms with Gasteiger partial charge in [-0.05, 0) is 37.8 Å². The van der Waals surface area contributed by atoms with E-state index in [2.05, 4.69) is 0 Å². The first-order valence-electron chi connectivity index (χ1n) is 6.92. The van der Waals surface area contributed by atoms with E-state index in [1.165, 1.54) is 23.8 Å². The van der Waals surface area contributed by atoms with Gasteiger partial charge in [-0.15, -0.1) is 0 Å². The number of hydrogen-bond acceptors (Lipinski definition) is 2. The maximum Gasteiger partial charge on any atom is 0.323 e. The second-order valence-corrected chi connectivity index (χ2v) is 5.65. The molecule has 2 aromatic rings. The van der Waals surface area contributed by atoms with Crippen LogP contribution in [-0.2, 0) is 0 Å². The van der Waals surface area contributed by atoms with Crippen LogP contribution in [-0.4, -0.2) is 16.7 Å². The molecule has 1 fully saturated rings. The summed E-state index contributed by atoms with van der Waals surface area (Å²) in [5.41, 5.74) is 6.08. The first-order valence-corrected chi connectivity index (χ1v) is 7.30. The maximum atomic E-state index is 11.4. The summed E-state index contributed by atoms with van der Waals surface area (Å²) < 4.78 is 7.40. The van der Waals surface area contributed by atoms with Crippen LogP contribution in [0.15, 0.2) is 24.4 Å². The van der Waals surface area contributed by atoms with E-state index in [1.54, 1.807) is 12.3 Å². The summed E-state index contributed by atoms with van der Waals surface area (Å²) in [6.07, 6.45) is 7.65. The second-order valence-electron chi connectivity index (χ2n) is 5.24. The second kappa shape index (κ2) is 5.37. The van der Waals surface area contributed by atoms with Crippen molar-refractivity contribution in [3.05, 3.63) is 29.4 Å². The zero-order valence-corrected chi connectivity index (χ0v) is 11.9. The Morgan fingerprint density at radius 2 is 2.05 bits per heavy atom. The van der Waals surface area contributed by atoms with Gasteiger partial charge in [-0.1, -0.05) is 18.0 Å². The first-order chi connectivity index (χ1) is 9.65. The van der Waals surface area contributed by atoms with Gasteiger partial charge < -0.3 is 10.5 Å². The first kappa shape index (κ1) is 13.3. The maximum absolute atomic E-state index is 11.4. The van der Waals surface area contributed by atoms with Crippen molar-refractivity contribution in [1.82, 2.24) is 4.57 Å². The number of hydrogen-bond donors (Lipinski definition) is 1. The number of halogens is 1. The molecule has 1 saturated carbocycles. The Hall–Kier alpha value is -1.68. The number of nitrogens with zero attached hydrogens (tertiary/aromatic N) is 1. The average Bonchev–Trinajstić information content (AvgIpc) is 2.83. The van der Waals surface area contributed by atoms with Gasteiger partial charge in [-0.25, -0.2) is 4.79 Å². The van der Waals surface area contributed by atoms with Gasteiger partial charge in [0.15, 0.2) is 0 Å². The molecule has 0 radical (unpaired) electrons. The molecular formula is C15H17ClN2O2. The van der Waals surface area contributed by atoms with Crippen LogP contribution in [0.5, 0.6) is 5.75 Å². The van der Waals surface area contributed by atoms with Crippen molar-refractivity contribution < 1.29 is 9.53 Å². The highest BCUT2D eigenvalue weighted by molar-refractivity contribution is 6.32. The molecule has 5 heteroatoms. The highest BCUT2D eigenvalue weighted by atomic mass is 35.5. The zero-order chi connectivity index (χ0) is 14.1. The van der Waals surface area contributed by atoms with Crippen molar-refractivity contribution >= 4 is 28.5 Å². The quantitative estimate of drug-likeness (QED) is 0.911. The molecule has 1 heterocycles. The van der Waals surface area contributed by atoms with Crippen molar-refractivity contribution in [2.45, 2.75) is 38.2 Å². The number of rotatable bonds is 2. The number of benzene rings is 1. The van der Waals surface area contributed by atoms with Gasteiger partial charge >= 0.3 is 6.03 Å². The lowest BCUT2D eigenvalue weighted by molar-refractivity contribution is 0.155. The van der Waals surface area contributed by atoms with E-state index >= 15 is 0 Å². The monoisotopic (exact) mass is 292 g/mol. The summed E-state index contributed by atoms with van der Waals surface area (Å²) in [5, 5.41) is 1.45. The molecule has 1 aromatic carbocycles. The van der Waals surface area contributed by atoms with Crippen LogP contribution in [0.2, 0.25) is 5.02 Å². The van der Waals surface area contributed by atoms with Gasteiger partial charge in [0.1, 0.15) is 5.75 Å². The van der Waals surface area contributed by atoms with E-state index in [4.69, 9.17) is 22.1 Å². The largest absolute Gasteiger partial charge is 0.489 e. The number of carbonyl (C=O) groups is 1. The summed E-state index contributed by atoms with van der Waals surface area (Å²) in [6.45, 7) is 0. The lowest BCUT2D eigenvalue weighted by Gasteiger charge is -2.23. The molecule has 0 spiro atoms. The molecule has 2 N–H and O–H groups in total. The van der Waals surface area contributed by atoms with E-state index < -0.39 is 6.03 Å². The molecule has 1 aliphatic carbocycles. The third-order valence-electron chi connectivity index (χ3n) is 3.83. The van der Waals surface area contributed by atoms with E-state index in [-0.39, 0.29) is 6.10 Å². The molecule has 0 bridgehead atoms. The highest BCUT2D eigenvalue weighted by Crippen LogP contribution is 2.33. The number of ether oxygens (including phenoxy) is 1.